The van der Waals surface area contributed by atoms with Crippen LogP contribution in [-0.2, 0) is 0 Å². The van der Waals surface area contributed by atoms with Crippen LogP contribution in [0.4, 0.5) is 17.3 Å². The molecule has 0 saturated carbocycles. The highest BCUT2D eigenvalue weighted by Crippen LogP contribution is 2.32. The van der Waals surface area contributed by atoms with Crippen LogP contribution in [-0.4, -0.2) is 19.1 Å². The van der Waals surface area contributed by atoms with Crippen LogP contribution in [0.25, 0.3) is 0 Å². The summed E-state index contributed by atoms with van der Waals surface area (Å²) in [7, 11) is 3.45. The van der Waals surface area contributed by atoms with Crippen LogP contribution < -0.4 is 15.4 Å². The van der Waals surface area contributed by atoms with Crippen molar-refractivity contribution < 1.29 is 4.74 Å². The van der Waals surface area contributed by atoms with Gasteiger partial charge in [0.2, 0.25) is 0 Å². The Morgan fingerprint density at radius 3 is 2.63 bits per heavy atom. The van der Waals surface area contributed by atoms with Crippen LogP contribution in [0.15, 0.2) is 30.3 Å². The first kappa shape index (κ1) is 13.5. The Morgan fingerprint density at radius 2 is 1.95 bits per heavy atom. The van der Waals surface area contributed by atoms with Crippen molar-refractivity contribution in [3.63, 3.8) is 0 Å². The van der Waals surface area contributed by atoms with Gasteiger partial charge in [-0.2, -0.15) is 0 Å². The fourth-order valence-corrected chi connectivity index (χ4v) is 1.87. The van der Waals surface area contributed by atoms with Gasteiger partial charge in [0, 0.05) is 18.1 Å². The summed E-state index contributed by atoms with van der Waals surface area (Å²) in [6, 6.07) is 9.45. The molecule has 1 aromatic carbocycles. The van der Waals surface area contributed by atoms with E-state index in [2.05, 4.69) is 15.6 Å². The molecule has 0 atom stereocenters. The molecular formula is C14H16ClN3O. The minimum absolute atomic E-state index is 0.680. The van der Waals surface area contributed by atoms with E-state index in [0.29, 0.717) is 10.8 Å². The lowest BCUT2D eigenvalue weighted by Gasteiger charge is -2.13. The smallest absolute Gasteiger partial charge is 0.143 e. The highest BCUT2D eigenvalue weighted by Gasteiger charge is 2.08. The molecule has 0 aliphatic rings. The van der Waals surface area contributed by atoms with E-state index in [0.717, 1.165) is 22.9 Å². The molecule has 0 bridgehead atoms. The Labute approximate surface area is 117 Å². The Kier molecular flexibility index (Phi) is 4.12. The van der Waals surface area contributed by atoms with Gasteiger partial charge in [0.05, 0.1) is 12.8 Å². The van der Waals surface area contributed by atoms with Gasteiger partial charge in [-0.25, -0.2) is 4.98 Å². The molecule has 1 heterocycles. The average molecular weight is 278 g/mol. The normalized spacial score (nSPS) is 10.1. The van der Waals surface area contributed by atoms with E-state index in [-0.39, 0.29) is 0 Å². The minimum atomic E-state index is 0.680. The molecule has 100 valence electrons. The summed E-state index contributed by atoms with van der Waals surface area (Å²) >= 11 is 6.08. The number of nitrogens with zero attached hydrogens (tertiary/aromatic N) is 1. The second kappa shape index (κ2) is 5.80. The van der Waals surface area contributed by atoms with E-state index in [1.807, 2.05) is 38.2 Å². The van der Waals surface area contributed by atoms with E-state index >= 15 is 0 Å². The van der Waals surface area contributed by atoms with Crippen LogP contribution in [0.2, 0.25) is 5.02 Å². The molecule has 2 N–H and O–H groups in total. The van der Waals surface area contributed by atoms with Crippen LogP contribution in [0, 0.1) is 6.92 Å². The second-order valence-electron chi connectivity index (χ2n) is 4.08. The molecule has 2 aromatic rings. The standard InChI is InChI=1S/C14H16ClN3O/c1-9-7-11(12(19-3)8-10(9)15)17-14-6-4-5-13(16-2)18-14/h4-8H,1-3H3,(H2,16,17,18). The molecule has 0 saturated heterocycles. The third-order valence-electron chi connectivity index (χ3n) is 2.75. The molecule has 0 aliphatic heterocycles. The number of pyridine rings is 1. The monoisotopic (exact) mass is 277 g/mol. The zero-order valence-electron chi connectivity index (χ0n) is 11.1. The summed E-state index contributed by atoms with van der Waals surface area (Å²) in [6.07, 6.45) is 0. The average Bonchev–Trinajstić information content (AvgIpc) is 2.43. The van der Waals surface area contributed by atoms with Crippen molar-refractivity contribution in [3.05, 3.63) is 40.9 Å². The quantitative estimate of drug-likeness (QED) is 0.891. The predicted octanol–water partition coefficient (Wildman–Crippen LogP) is 3.84. The number of ether oxygens (including phenoxy) is 1. The largest absolute Gasteiger partial charge is 0.495 e. The van der Waals surface area contributed by atoms with Crippen molar-refractivity contribution in [3.8, 4) is 5.75 Å². The molecule has 0 spiro atoms. The summed E-state index contributed by atoms with van der Waals surface area (Å²) in [4.78, 5) is 4.40. The van der Waals surface area contributed by atoms with Crippen molar-refractivity contribution in [1.29, 1.82) is 0 Å². The van der Waals surface area contributed by atoms with Gasteiger partial charge >= 0.3 is 0 Å². The lowest BCUT2D eigenvalue weighted by molar-refractivity contribution is 0.416. The number of aryl methyl sites for hydroxylation is 1. The molecule has 0 aliphatic carbocycles. The predicted molar refractivity (Wildman–Crippen MR) is 79.8 cm³/mol. The molecule has 0 unspecified atom stereocenters. The number of hydrogen-bond donors (Lipinski definition) is 2. The summed E-state index contributed by atoms with van der Waals surface area (Å²) in [5.41, 5.74) is 1.82. The van der Waals surface area contributed by atoms with Crippen LogP contribution in [0.5, 0.6) is 5.75 Å². The number of aromatic nitrogens is 1. The zero-order valence-corrected chi connectivity index (χ0v) is 11.9. The van der Waals surface area contributed by atoms with Gasteiger partial charge in [-0.3, -0.25) is 0 Å². The highest BCUT2D eigenvalue weighted by molar-refractivity contribution is 6.31. The fraction of sp³-hybridized carbons (Fsp3) is 0.214. The Hall–Kier alpha value is -1.94. The number of anilines is 3. The number of halogens is 1. The van der Waals surface area contributed by atoms with Gasteiger partial charge < -0.3 is 15.4 Å². The summed E-state index contributed by atoms with van der Waals surface area (Å²) in [5, 5.41) is 6.91. The first-order valence-corrected chi connectivity index (χ1v) is 6.28. The van der Waals surface area contributed by atoms with E-state index in [9.17, 15) is 0 Å². The second-order valence-corrected chi connectivity index (χ2v) is 4.49. The number of hydrogen-bond acceptors (Lipinski definition) is 4. The van der Waals surface area contributed by atoms with Gasteiger partial charge in [0.1, 0.15) is 17.4 Å². The van der Waals surface area contributed by atoms with Crippen LogP contribution in [0.1, 0.15) is 5.56 Å². The Balaban J connectivity index is 2.34. The van der Waals surface area contributed by atoms with E-state index in [1.165, 1.54) is 0 Å². The maximum atomic E-state index is 6.08. The van der Waals surface area contributed by atoms with E-state index < -0.39 is 0 Å². The summed E-state index contributed by atoms with van der Waals surface area (Å²) in [6.45, 7) is 1.95. The van der Waals surface area contributed by atoms with Crippen molar-refractivity contribution in [2.75, 3.05) is 24.8 Å². The third-order valence-corrected chi connectivity index (χ3v) is 3.16. The molecular weight excluding hydrogens is 262 g/mol. The van der Waals surface area contributed by atoms with Gasteiger partial charge in [-0.05, 0) is 30.7 Å². The lowest BCUT2D eigenvalue weighted by atomic mass is 10.2. The molecule has 19 heavy (non-hydrogen) atoms. The van der Waals surface area contributed by atoms with Crippen LogP contribution in [0.3, 0.4) is 0 Å². The van der Waals surface area contributed by atoms with Gasteiger partial charge in [0.15, 0.2) is 0 Å². The molecule has 0 radical (unpaired) electrons. The van der Waals surface area contributed by atoms with Crippen molar-refractivity contribution in [2.45, 2.75) is 6.92 Å². The Morgan fingerprint density at radius 1 is 1.21 bits per heavy atom. The minimum Gasteiger partial charge on any atom is -0.495 e. The lowest BCUT2D eigenvalue weighted by Crippen LogP contribution is -1.99. The van der Waals surface area contributed by atoms with Gasteiger partial charge in [-0.1, -0.05) is 17.7 Å². The first-order valence-electron chi connectivity index (χ1n) is 5.90. The number of rotatable bonds is 4. The topological polar surface area (TPSA) is 46.2 Å². The molecule has 0 fully saturated rings. The van der Waals surface area contributed by atoms with E-state index in [1.54, 1.807) is 13.2 Å². The maximum absolute atomic E-state index is 6.08. The molecule has 0 amide bonds. The summed E-state index contributed by atoms with van der Waals surface area (Å²) < 4.78 is 5.32. The molecule has 2 rings (SSSR count). The maximum Gasteiger partial charge on any atom is 0.143 e. The van der Waals surface area contributed by atoms with Crippen molar-refractivity contribution in [2.24, 2.45) is 0 Å². The molecule has 1 aromatic heterocycles. The van der Waals surface area contributed by atoms with Crippen molar-refractivity contribution >= 4 is 28.9 Å². The fourth-order valence-electron chi connectivity index (χ4n) is 1.71. The molecule has 4 nitrogen and oxygen atoms in total. The summed E-state index contributed by atoms with van der Waals surface area (Å²) in [5.74, 6) is 2.23. The zero-order chi connectivity index (χ0) is 13.8. The first-order chi connectivity index (χ1) is 9.13. The molecule has 5 heteroatoms. The Bertz CT molecular complexity index is 587. The highest BCUT2D eigenvalue weighted by atomic mass is 35.5. The number of methoxy groups -OCH3 is 1. The SMILES string of the molecule is CNc1cccc(Nc2cc(C)c(Cl)cc2OC)n1. The van der Waals surface area contributed by atoms with E-state index in [4.69, 9.17) is 16.3 Å². The van der Waals surface area contributed by atoms with Gasteiger partial charge in [0.25, 0.3) is 0 Å². The number of benzene rings is 1. The van der Waals surface area contributed by atoms with Crippen molar-refractivity contribution in [1.82, 2.24) is 4.98 Å². The third kappa shape index (κ3) is 3.09. The number of nitrogens with one attached hydrogen (secondary N) is 2. The van der Waals surface area contributed by atoms with Gasteiger partial charge in [-0.15, -0.1) is 0 Å². The van der Waals surface area contributed by atoms with Crippen LogP contribution >= 0.6 is 11.6 Å².